The van der Waals surface area contributed by atoms with Gasteiger partial charge in [0.05, 0.1) is 11.2 Å². The summed E-state index contributed by atoms with van der Waals surface area (Å²) >= 11 is 0. The first-order valence-corrected chi connectivity index (χ1v) is 11.8. The molecule has 6 heteroatoms. The first-order chi connectivity index (χ1) is 16.5. The maximum atomic E-state index is 6.54. The lowest BCUT2D eigenvalue weighted by atomic mass is 9.72. The Morgan fingerprint density at radius 2 is 1.97 bits per heavy atom. The molecule has 4 aromatic rings. The number of nitrogens with zero attached hydrogens (tertiary/aromatic N) is 4. The molecule has 3 N–H and O–H groups in total. The minimum atomic E-state index is -0.180. The fraction of sp³-hybridized carbons (Fsp3) is 0.250. The standard InChI is InChI=1S/C28H30N6/c1-4-6-7-9-19(3)22-18-23-24(14-17-34-26(23)32-33-27(34)30-5-2)31-25(22)20-10-12-21(13-11-20)28(29)15-8-16-28/h4,6-7,9-14,17-18H,3,5,8,15-16,29H2,1-2H3,(H,30,33)/b6-4-,9-7-. The van der Waals surface area contributed by atoms with Crippen LogP contribution < -0.4 is 11.1 Å². The fourth-order valence-corrected chi connectivity index (χ4v) is 4.52. The highest BCUT2D eigenvalue weighted by Gasteiger charge is 2.34. The van der Waals surface area contributed by atoms with Crippen LogP contribution in [0.1, 0.15) is 44.2 Å². The van der Waals surface area contributed by atoms with Crippen molar-refractivity contribution < 1.29 is 0 Å². The quantitative estimate of drug-likeness (QED) is 0.345. The monoisotopic (exact) mass is 450 g/mol. The third-order valence-electron chi connectivity index (χ3n) is 6.63. The van der Waals surface area contributed by atoms with Crippen LogP contribution in [-0.2, 0) is 5.54 Å². The number of benzene rings is 1. The Bertz CT molecular complexity index is 1420. The largest absolute Gasteiger partial charge is 0.354 e. The molecule has 0 radical (unpaired) electrons. The Hall–Kier alpha value is -3.77. The summed E-state index contributed by atoms with van der Waals surface area (Å²) in [7, 11) is 0. The molecule has 0 aliphatic heterocycles. The third-order valence-corrected chi connectivity index (χ3v) is 6.63. The van der Waals surface area contributed by atoms with Gasteiger partial charge in [0.2, 0.25) is 5.95 Å². The van der Waals surface area contributed by atoms with E-state index in [-0.39, 0.29) is 5.54 Å². The molecule has 1 saturated carbocycles. The van der Waals surface area contributed by atoms with Crippen molar-refractivity contribution in [3.63, 3.8) is 0 Å². The van der Waals surface area contributed by atoms with Gasteiger partial charge in [-0.15, -0.1) is 10.2 Å². The molecule has 0 amide bonds. The SMILES string of the molecule is C=C(/C=C\C=C/C)c1cc2c(ccn3c(NCC)nnc23)nc1-c1ccc(C2(N)CCC2)cc1. The summed E-state index contributed by atoms with van der Waals surface area (Å²) in [4.78, 5) is 5.08. The van der Waals surface area contributed by atoms with Crippen LogP contribution >= 0.6 is 0 Å². The van der Waals surface area contributed by atoms with Gasteiger partial charge in [0.15, 0.2) is 5.65 Å². The van der Waals surface area contributed by atoms with Gasteiger partial charge in [-0.25, -0.2) is 4.98 Å². The maximum Gasteiger partial charge on any atom is 0.229 e. The molecule has 1 aromatic carbocycles. The van der Waals surface area contributed by atoms with E-state index in [1.54, 1.807) is 0 Å². The Kier molecular flexibility index (Phi) is 5.75. The molecule has 34 heavy (non-hydrogen) atoms. The van der Waals surface area contributed by atoms with Crippen molar-refractivity contribution in [3.8, 4) is 11.3 Å². The predicted molar refractivity (Wildman–Crippen MR) is 141 cm³/mol. The van der Waals surface area contributed by atoms with Crippen molar-refractivity contribution in [2.24, 2.45) is 5.73 Å². The molecule has 3 aromatic heterocycles. The van der Waals surface area contributed by atoms with E-state index in [0.717, 1.165) is 64.3 Å². The molecule has 1 aliphatic rings. The number of pyridine rings is 2. The number of rotatable bonds is 7. The zero-order valence-corrected chi connectivity index (χ0v) is 19.8. The first-order valence-electron chi connectivity index (χ1n) is 11.8. The van der Waals surface area contributed by atoms with E-state index in [1.165, 1.54) is 12.0 Å². The second-order valence-electron chi connectivity index (χ2n) is 8.88. The van der Waals surface area contributed by atoms with Crippen LogP contribution in [-0.4, -0.2) is 26.1 Å². The second kappa shape index (κ2) is 8.88. The van der Waals surface area contributed by atoms with E-state index in [1.807, 2.05) is 54.8 Å². The lowest BCUT2D eigenvalue weighted by Gasteiger charge is -2.38. The van der Waals surface area contributed by atoms with Crippen LogP contribution in [0.2, 0.25) is 0 Å². The Labute approximate surface area is 199 Å². The first kappa shape index (κ1) is 22.0. The highest BCUT2D eigenvalue weighted by molar-refractivity contribution is 5.97. The summed E-state index contributed by atoms with van der Waals surface area (Å²) in [6.45, 7) is 9.15. The lowest BCUT2D eigenvalue weighted by molar-refractivity contribution is 0.253. The molecular formula is C28H30N6. The van der Waals surface area contributed by atoms with Crippen LogP contribution in [0, 0.1) is 0 Å². The van der Waals surface area contributed by atoms with Crippen molar-refractivity contribution >= 4 is 28.1 Å². The van der Waals surface area contributed by atoms with E-state index in [2.05, 4.69) is 52.4 Å². The number of aromatic nitrogens is 4. The summed E-state index contributed by atoms with van der Waals surface area (Å²) in [5, 5.41) is 12.9. The molecule has 0 bridgehead atoms. The van der Waals surface area contributed by atoms with Gasteiger partial charge < -0.3 is 11.1 Å². The number of anilines is 1. The summed E-state index contributed by atoms with van der Waals surface area (Å²) in [6.07, 6.45) is 13.2. The van der Waals surface area contributed by atoms with E-state index in [9.17, 15) is 0 Å². The molecule has 0 spiro atoms. The van der Waals surface area contributed by atoms with Crippen molar-refractivity contribution in [1.29, 1.82) is 0 Å². The van der Waals surface area contributed by atoms with Gasteiger partial charge in [-0.1, -0.05) is 55.1 Å². The normalized spacial score (nSPS) is 15.4. The summed E-state index contributed by atoms with van der Waals surface area (Å²) in [6, 6.07) is 12.7. The molecule has 3 heterocycles. The smallest absolute Gasteiger partial charge is 0.229 e. The van der Waals surface area contributed by atoms with Gasteiger partial charge in [-0.3, -0.25) is 4.40 Å². The molecule has 0 saturated heterocycles. The van der Waals surface area contributed by atoms with Gasteiger partial charge in [-0.2, -0.15) is 0 Å². The minimum Gasteiger partial charge on any atom is -0.354 e. The molecular weight excluding hydrogens is 420 g/mol. The molecule has 5 rings (SSSR count). The van der Waals surface area contributed by atoms with Crippen LogP contribution in [0.3, 0.4) is 0 Å². The Morgan fingerprint density at radius 3 is 2.65 bits per heavy atom. The fourth-order valence-electron chi connectivity index (χ4n) is 4.52. The molecule has 6 nitrogen and oxygen atoms in total. The van der Waals surface area contributed by atoms with E-state index in [0.29, 0.717) is 0 Å². The van der Waals surface area contributed by atoms with Crippen molar-refractivity contribution in [2.45, 2.75) is 38.6 Å². The molecule has 172 valence electrons. The van der Waals surface area contributed by atoms with Gasteiger partial charge in [0, 0.05) is 34.8 Å². The molecule has 0 atom stereocenters. The molecule has 0 unspecified atom stereocenters. The number of nitrogens with two attached hydrogens (primary N) is 1. The highest BCUT2D eigenvalue weighted by Crippen LogP contribution is 2.40. The summed E-state index contributed by atoms with van der Waals surface area (Å²) < 4.78 is 1.96. The maximum absolute atomic E-state index is 6.54. The predicted octanol–water partition coefficient (Wildman–Crippen LogP) is 5.86. The van der Waals surface area contributed by atoms with E-state index >= 15 is 0 Å². The van der Waals surface area contributed by atoms with Crippen molar-refractivity contribution in [3.05, 3.63) is 84.6 Å². The van der Waals surface area contributed by atoms with Crippen molar-refractivity contribution in [2.75, 3.05) is 11.9 Å². The minimum absolute atomic E-state index is 0.180. The zero-order valence-electron chi connectivity index (χ0n) is 19.8. The number of hydrogen-bond acceptors (Lipinski definition) is 5. The van der Waals surface area contributed by atoms with E-state index < -0.39 is 0 Å². The number of allylic oxidation sites excluding steroid dienone is 5. The average Bonchev–Trinajstić information content (AvgIpc) is 3.25. The Morgan fingerprint density at radius 1 is 1.18 bits per heavy atom. The van der Waals surface area contributed by atoms with E-state index in [4.69, 9.17) is 10.7 Å². The second-order valence-corrected chi connectivity index (χ2v) is 8.88. The van der Waals surface area contributed by atoms with Gasteiger partial charge in [0.25, 0.3) is 0 Å². The number of nitrogens with one attached hydrogen (secondary N) is 1. The van der Waals surface area contributed by atoms with Gasteiger partial charge in [0.1, 0.15) is 0 Å². The highest BCUT2D eigenvalue weighted by atomic mass is 15.3. The molecule has 1 aliphatic carbocycles. The van der Waals surface area contributed by atoms with Gasteiger partial charge in [-0.05, 0) is 56.4 Å². The summed E-state index contributed by atoms with van der Waals surface area (Å²) in [5.41, 5.74) is 13.0. The van der Waals surface area contributed by atoms with Crippen molar-refractivity contribution in [1.82, 2.24) is 19.6 Å². The van der Waals surface area contributed by atoms with Gasteiger partial charge >= 0.3 is 0 Å². The number of fused-ring (bicyclic) bond motifs is 3. The summed E-state index contributed by atoms with van der Waals surface area (Å²) in [5.74, 6) is 0.721. The van der Waals surface area contributed by atoms with Crippen LogP contribution in [0.25, 0.3) is 33.4 Å². The van der Waals surface area contributed by atoms with Crippen LogP contribution in [0.4, 0.5) is 5.95 Å². The third kappa shape index (κ3) is 3.80. The lowest BCUT2D eigenvalue weighted by Crippen LogP contribution is -2.43. The average molecular weight is 451 g/mol. The van der Waals surface area contributed by atoms with Crippen LogP contribution in [0.15, 0.2) is 73.5 Å². The molecule has 1 fully saturated rings. The Balaban J connectivity index is 1.66. The van der Waals surface area contributed by atoms with Crippen LogP contribution in [0.5, 0.6) is 0 Å². The number of hydrogen-bond donors (Lipinski definition) is 2. The zero-order chi connectivity index (χ0) is 23.7. The topological polar surface area (TPSA) is 81.1 Å².